The number of hydrogen-bond donors (Lipinski definition) is 1. The zero-order valence-electron chi connectivity index (χ0n) is 11.0. The first-order valence-corrected chi connectivity index (χ1v) is 6.75. The molecular weight excluding hydrogens is 228 g/mol. The van der Waals surface area contributed by atoms with E-state index in [4.69, 9.17) is 4.74 Å². The average Bonchev–Trinajstić information content (AvgIpc) is 2.40. The largest absolute Gasteiger partial charge is 0.383 e. The topological polar surface area (TPSA) is 43.3 Å². The molecule has 2 rings (SSSR count). The van der Waals surface area contributed by atoms with Crippen LogP contribution in [0.5, 0.6) is 0 Å². The molecule has 0 aliphatic heterocycles. The molecule has 0 bridgehead atoms. The van der Waals surface area contributed by atoms with Crippen molar-refractivity contribution in [2.75, 3.05) is 19.0 Å². The Kier molecular flexibility index (Phi) is 4.81. The highest BCUT2D eigenvalue weighted by atomic mass is 16.5. The average molecular weight is 250 g/mol. The highest BCUT2D eigenvalue weighted by Gasteiger charge is 2.13. The summed E-state index contributed by atoms with van der Waals surface area (Å²) < 4.78 is 6.71. The summed E-state index contributed by atoms with van der Waals surface area (Å²) in [4.78, 5) is 11.6. The molecule has 0 atom stereocenters. The molecule has 4 nitrogen and oxygen atoms in total. The van der Waals surface area contributed by atoms with E-state index >= 15 is 0 Å². The minimum absolute atomic E-state index is 0.0289. The van der Waals surface area contributed by atoms with Crippen LogP contribution < -0.4 is 10.9 Å². The second kappa shape index (κ2) is 6.59. The van der Waals surface area contributed by atoms with Crippen LogP contribution in [0.3, 0.4) is 0 Å². The number of nitrogens with one attached hydrogen (secondary N) is 1. The molecule has 1 aromatic rings. The van der Waals surface area contributed by atoms with Crippen LogP contribution in [0.25, 0.3) is 0 Å². The lowest BCUT2D eigenvalue weighted by atomic mass is 9.95. The quantitative estimate of drug-likeness (QED) is 0.871. The van der Waals surface area contributed by atoms with Crippen molar-refractivity contribution < 1.29 is 4.74 Å². The number of methoxy groups -OCH3 is 1. The molecule has 1 fully saturated rings. The van der Waals surface area contributed by atoms with Gasteiger partial charge in [-0.2, -0.15) is 0 Å². The van der Waals surface area contributed by atoms with Gasteiger partial charge in [-0.3, -0.25) is 4.79 Å². The summed E-state index contributed by atoms with van der Waals surface area (Å²) in [7, 11) is 1.65. The van der Waals surface area contributed by atoms with E-state index in [1.54, 1.807) is 17.7 Å². The van der Waals surface area contributed by atoms with Gasteiger partial charge in [0.05, 0.1) is 12.3 Å². The molecule has 0 unspecified atom stereocenters. The van der Waals surface area contributed by atoms with Crippen LogP contribution in [0.4, 0.5) is 5.69 Å². The number of nitrogens with zero attached hydrogens (tertiary/aromatic N) is 1. The SMILES string of the molecule is COCCn1cc(NC2CCCCC2)ccc1=O. The van der Waals surface area contributed by atoms with Crippen molar-refractivity contribution in [3.63, 3.8) is 0 Å². The Morgan fingerprint density at radius 3 is 2.83 bits per heavy atom. The maximum absolute atomic E-state index is 11.6. The predicted molar refractivity (Wildman–Crippen MR) is 73.1 cm³/mol. The van der Waals surface area contributed by atoms with E-state index < -0.39 is 0 Å². The molecule has 0 spiro atoms. The molecule has 1 N–H and O–H groups in total. The molecule has 1 saturated carbocycles. The molecule has 0 radical (unpaired) electrons. The molecule has 0 saturated heterocycles. The molecule has 0 amide bonds. The van der Waals surface area contributed by atoms with Crippen molar-refractivity contribution in [1.82, 2.24) is 4.57 Å². The van der Waals surface area contributed by atoms with E-state index in [-0.39, 0.29) is 5.56 Å². The van der Waals surface area contributed by atoms with Gasteiger partial charge in [0.15, 0.2) is 0 Å². The van der Waals surface area contributed by atoms with Crippen LogP contribution in [0.2, 0.25) is 0 Å². The number of pyridine rings is 1. The number of ether oxygens (including phenoxy) is 1. The number of aromatic nitrogens is 1. The highest BCUT2D eigenvalue weighted by molar-refractivity contribution is 5.41. The second-order valence-corrected chi connectivity index (χ2v) is 4.92. The van der Waals surface area contributed by atoms with E-state index in [1.807, 2.05) is 12.3 Å². The minimum atomic E-state index is 0.0289. The van der Waals surface area contributed by atoms with Gasteiger partial charge in [-0.25, -0.2) is 0 Å². The summed E-state index contributed by atoms with van der Waals surface area (Å²) in [5.41, 5.74) is 1.07. The van der Waals surface area contributed by atoms with Gasteiger partial charge >= 0.3 is 0 Å². The van der Waals surface area contributed by atoms with Crippen molar-refractivity contribution >= 4 is 5.69 Å². The summed E-state index contributed by atoms with van der Waals surface area (Å²) in [5.74, 6) is 0. The summed E-state index contributed by atoms with van der Waals surface area (Å²) in [6, 6.07) is 4.06. The zero-order chi connectivity index (χ0) is 12.8. The Labute approximate surface area is 108 Å². The fourth-order valence-corrected chi connectivity index (χ4v) is 2.46. The standard InChI is InChI=1S/C14H22N2O2/c1-18-10-9-16-11-13(7-8-14(16)17)15-12-5-3-2-4-6-12/h7-8,11-12,15H,2-6,9-10H2,1H3. The molecule has 0 aromatic carbocycles. The molecule has 18 heavy (non-hydrogen) atoms. The molecule has 1 aromatic heterocycles. The maximum atomic E-state index is 11.6. The van der Waals surface area contributed by atoms with Crippen LogP contribution in [-0.2, 0) is 11.3 Å². The first-order chi connectivity index (χ1) is 8.79. The normalized spacial score (nSPS) is 16.7. The van der Waals surface area contributed by atoms with Crippen LogP contribution in [-0.4, -0.2) is 24.3 Å². The van der Waals surface area contributed by atoms with E-state index in [2.05, 4.69) is 5.32 Å². The van der Waals surface area contributed by atoms with Crippen molar-refractivity contribution in [2.24, 2.45) is 0 Å². The number of anilines is 1. The van der Waals surface area contributed by atoms with Gasteiger partial charge in [0.1, 0.15) is 0 Å². The Morgan fingerprint density at radius 2 is 2.11 bits per heavy atom. The molecule has 1 aliphatic carbocycles. The van der Waals surface area contributed by atoms with Gasteiger partial charge in [0.2, 0.25) is 0 Å². The predicted octanol–water partition coefficient (Wildman–Crippen LogP) is 2.24. The fraction of sp³-hybridized carbons (Fsp3) is 0.643. The third-order valence-corrected chi connectivity index (χ3v) is 3.50. The molecule has 1 heterocycles. The Hall–Kier alpha value is -1.29. The maximum Gasteiger partial charge on any atom is 0.250 e. The minimum Gasteiger partial charge on any atom is -0.383 e. The van der Waals surface area contributed by atoms with Gasteiger partial charge in [-0.05, 0) is 18.9 Å². The molecule has 100 valence electrons. The summed E-state index contributed by atoms with van der Waals surface area (Å²) in [5, 5.41) is 3.52. The van der Waals surface area contributed by atoms with Gasteiger partial charge in [-0.1, -0.05) is 19.3 Å². The first-order valence-electron chi connectivity index (χ1n) is 6.75. The van der Waals surface area contributed by atoms with E-state index in [9.17, 15) is 4.79 Å². The Balaban J connectivity index is 2.01. The Morgan fingerprint density at radius 1 is 1.33 bits per heavy atom. The smallest absolute Gasteiger partial charge is 0.250 e. The van der Waals surface area contributed by atoms with E-state index in [0.717, 1.165) is 5.69 Å². The lowest BCUT2D eigenvalue weighted by Gasteiger charge is -2.24. The van der Waals surface area contributed by atoms with Crippen molar-refractivity contribution in [3.05, 3.63) is 28.7 Å². The first kappa shape index (κ1) is 13.1. The number of rotatable bonds is 5. The zero-order valence-corrected chi connectivity index (χ0v) is 11.0. The molecule has 1 aliphatic rings. The van der Waals surface area contributed by atoms with Crippen molar-refractivity contribution in [2.45, 2.75) is 44.7 Å². The van der Waals surface area contributed by atoms with Crippen molar-refractivity contribution in [1.29, 1.82) is 0 Å². The fourth-order valence-electron chi connectivity index (χ4n) is 2.46. The van der Waals surface area contributed by atoms with Crippen LogP contribution >= 0.6 is 0 Å². The van der Waals surface area contributed by atoms with E-state index in [1.165, 1.54) is 32.1 Å². The lowest BCUT2D eigenvalue weighted by Crippen LogP contribution is -2.25. The van der Waals surface area contributed by atoms with Gasteiger partial charge in [0, 0.05) is 32.0 Å². The van der Waals surface area contributed by atoms with Gasteiger partial charge in [-0.15, -0.1) is 0 Å². The Bertz CT molecular complexity index is 422. The highest BCUT2D eigenvalue weighted by Crippen LogP contribution is 2.20. The van der Waals surface area contributed by atoms with Gasteiger partial charge in [0.25, 0.3) is 5.56 Å². The van der Waals surface area contributed by atoms with Crippen LogP contribution in [0.15, 0.2) is 23.1 Å². The monoisotopic (exact) mass is 250 g/mol. The van der Waals surface area contributed by atoms with Crippen molar-refractivity contribution in [3.8, 4) is 0 Å². The molecule has 4 heteroatoms. The molecular formula is C14H22N2O2. The summed E-state index contributed by atoms with van der Waals surface area (Å²) in [6.45, 7) is 1.17. The third-order valence-electron chi connectivity index (χ3n) is 3.50. The van der Waals surface area contributed by atoms with E-state index in [0.29, 0.717) is 19.2 Å². The van der Waals surface area contributed by atoms with Crippen LogP contribution in [0, 0.1) is 0 Å². The second-order valence-electron chi connectivity index (χ2n) is 4.92. The third kappa shape index (κ3) is 3.60. The van der Waals surface area contributed by atoms with Crippen LogP contribution in [0.1, 0.15) is 32.1 Å². The summed E-state index contributed by atoms with van der Waals surface area (Å²) >= 11 is 0. The summed E-state index contributed by atoms with van der Waals surface area (Å²) in [6.07, 6.45) is 8.33. The number of hydrogen-bond acceptors (Lipinski definition) is 3. The van der Waals surface area contributed by atoms with Gasteiger partial charge < -0.3 is 14.6 Å². The lowest BCUT2D eigenvalue weighted by molar-refractivity contribution is 0.186.